The van der Waals surface area contributed by atoms with Crippen LogP contribution in [0.3, 0.4) is 0 Å². The lowest BCUT2D eigenvalue weighted by Crippen LogP contribution is -2.33. The molecule has 0 radical (unpaired) electrons. The Kier molecular flexibility index (Phi) is 3.33. The molecule has 0 aliphatic carbocycles. The van der Waals surface area contributed by atoms with Gasteiger partial charge >= 0.3 is 0 Å². The fourth-order valence-electron chi connectivity index (χ4n) is 2.02. The quantitative estimate of drug-likeness (QED) is 0.779. The number of anilines is 1. The molecule has 1 saturated heterocycles. The SMILES string of the molecule is CC1OCCC1C(=O)NCc1cnn(C)c1N. The maximum absolute atomic E-state index is 11.9. The standard InChI is InChI=1S/C11H18N4O2/c1-7-9(3-4-17-7)11(16)13-5-8-6-14-15(2)10(8)12/h6-7,9H,3-5,12H2,1-2H3,(H,13,16). The molecule has 0 spiro atoms. The maximum atomic E-state index is 11.9. The van der Waals surface area contributed by atoms with Crippen LogP contribution in [0.15, 0.2) is 6.20 Å². The number of rotatable bonds is 3. The molecule has 2 unspecified atom stereocenters. The first kappa shape index (κ1) is 11.9. The van der Waals surface area contributed by atoms with Gasteiger partial charge in [-0.05, 0) is 13.3 Å². The van der Waals surface area contributed by atoms with E-state index in [-0.39, 0.29) is 17.9 Å². The number of nitrogens with one attached hydrogen (secondary N) is 1. The number of carbonyl (C=O) groups excluding carboxylic acids is 1. The van der Waals surface area contributed by atoms with Crippen molar-refractivity contribution in [2.75, 3.05) is 12.3 Å². The Morgan fingerprint density at radius 3 is 3.06 bits per heavy atom. The van der Waals surface area contributed by atoms with Crippen molar-refractivity contribution in [3.63, 3.8) is 0 Å². The molecule has 1 aliphatic rings. The fraction of sp³-hybridized carbons (Fsp3) is 0.636. The summed E-state index contributed by atoms with van der Waals surface area (Å²) in [6.07, 6.45) is 2.46. The molecule has 6 nitrogen and oxygen atoms in total. The third-order valence-corrected chi connectivity index (χ3v) is 3.23. The first-order chi connectivity index (χ1) is 8.09. The minimum absolute atomic E-state index is 0.00115. The van der Waals surface area contributed by atoms with Crippen LogP contribution in [-0.2, 0) is 23.1 Å². The van der Waals surface area contributed by atoms with Crippen LogP contribution in [0, 0.1) is 5.92 Å². The summed E-state index contributed by atoms with van der Waals surface area (Å²) in [5, 5.41) is 6.90. The molecule has 1 amide bonds. The summed E-state index contributed by atoms with van der Waals surface area (Å²) in [7, 11) is 1.77. The lowest BCUT2D eigenvalue weighted by molar-refractivity contribution is -0.126. The molecule has 17 heavy (non-hydrogen) atoms. The topological polar surface area (TPSA) is 82.2 Å². The van der Waals surface area contributed by atoms with Crippen LogP contribution in [0.5, 0.6) is 0 Å². The second kappa shape index (κ2) is 4.75. The molecule has 0 bridgehead atoms. The van der Waals surface area contributed by atoms with Gasteiger partial charge in [0.25, 0.3) is 0 Å². The average Bonchev–Trinajstić information content (AvgIpc) is 2.85. The van der Waals surface area contributed by atoms with E-state index in [4.69, 9.17) is 10.5 Å². The zero-order chi connectivity index (χ0) is 12.4. The van der Waals surface area contributed by atoms with E-state index in [1.807, 2.05) is 6.92 Å². The van der Waals surface area contributed by atoms with Crippen LogP contribution >= 0.6 is 0 Å². The number of hydrogen-bond acceptors (Lipinski definition) is 4. The summed E-state index contributed by atoms with van der Waals surface area (Å²) in [5.74, 6) is 0.562. The molecule has 1 aromatic heterocycles. The molecule has 1 aliphatic heterocycles. The Hall–Kier alpha value is -1.56. The second-order valence-electron chi connectivity index (χ2n) is 4.37. The van der Waals surface area contributed by atoms with Gasteiger partial charge in [0.15, 0.2) is 0 Å². The number of aromatic nitrogens is 2. The van der Waals surface area contributed by atoms with Crippen molar-refractivity contribution in [3.05, 3.63) is 11.8 Å². The van der Waals surface area contributed by atoms with Crippen molar-refractivity contribution in [1.82, 2.24) is 15.1 Å². The highest BCUT2D eigenvalue weighted by Gasteiger charge is 2.30. The highest BCUT2D eigenvalue weighted by molar-refractivity contribution is 5.79. The van der Waals surface area contributed by atoms with Gasteiger partial charge in [0.05, 0.1) is 18.2 Å². The van der Waals surface area contributed by atoms with Crippen molar-refractivity contribution in [1.29, 1.82) is 0 Å². The molecule has 94 valence electrons. The van der Waals surface area contributed by atoms with E-state index in [1.165, 1.54) is 0 Å². The largest absolute Gasteiger partial charge is 0.384 e. The first-order valence-corrected chi connectivity index (χ1v) is 5.75. The molecule has 2 rings (SSSR count). The van der Waals surface area contributed by atoms with E-state index >= 15 is 0 Å². The highest BCUT2D eigenvalue weighted by Crippen LogP contribution is 2.20. The lowest BCUT2D eigenvalue weighted by Gasteiger charge is -2.13. The van der Waals surface area contributed by atoms with E-state index in [0.717, 1.165) is 12.0 Å². The number of nitrogens with zero attached hydrogens (tertiary/aromatic N) is 2. The van der Waals surface area contributed by atoms with E-state index in [2.05, 4.69) is 10.4 Å². The van der Waals surface area contributed by atoms with Crippen LogP contribution in [0.1, 0.15) is 18.9 Å². The van der Waals surface area contributed by atoms with Gasteiger partial charge in [-0.25, -0.2) is 0 Å². The van der Waals surface area contributed by atoms with Crippen LogP contribution in [0.2, 0.25) is 0 Å². The normalized spacial score (nSPS) is 23.9. The van der Waals surface area contributed by atoms with Crippen LogP contribution in [0.4, 0.5) is 5.82 Å². The van der Waals surface area contributed by atoms with Crippen molar-refractivity contribution in [3.8, 4) is 0 Å². The molecule has 2 heterocycles. The van der Waals surface area contributed by atoms with Gasteiger partial charge in [-0.1, -0.05) is 0 Å². The fourth-order valence-corrected chi connectivity index (χ4v) is 2.02. The van der Waals surface area contributed by atoms with Crippen molar-refractivity contribution in [2.45, 2.75) is 26.0 Å². The molecular weight excluding hydrogens is 220 g/mol. The molecule has 2 atom stereocenters. The number of carbonyl (C=O) groups is 1. The van der Waals surface area contributed by atoms with Gasteiger partial charge in [0.1, 0.15) is 5.82 Å². The van der Waals surface area contributed by atoms with E-state index in [9.17, 15) is 4.79 Å². The number of nitrogens with two attached hydrogens (primary N) is 1. The maximum Gasteiger partial charge on any atom is 0.226 e. The van der Waals surface area contributed by atoms with Crippen LogP contribution < -0.4 is 11.1 Å². The molecule has 0 aromatic carbocycles. The Bertz CT molecular complexity index is 416. The number of nitrogen functional groups attached to an aromatic ring is 1. The van der Waals surface area contributed by atoms with Gasteiger partial charge in [-0.2, -0.15) is 5.10 Å². The van der Waals surface area contributed by atoms with Crippen LogP contribution in [0.25, 0.3) is 0 Å². The monoisotopic (exact) mass is 238 g/mol. The Morgan fingerprint density at radius 1 is 1.76 bits per heavy atom. The minimum Gasteiger partial charge on any atom is -0.384 e. The van der Waals surface area contributed by atoms with Crippen molar-refractivity contribution >= 4 is 11.7 Å². The molecule has 1 fully saturated rings. The summed E-state index contributed by atoms with van der Waals surface area (Å²) in [6, 6.07) is 0. The molecule has 3 N–H and O–H groups in total. The predicted octanol–water partition coefficient (Wildman–Crippen LogP) is 0.0435. The van der Waals surface area contributed by atoms with Gasteiger partial charge in [-0.3, -0.25) is 9.48 Å². The van der Waals surface area contributed by atoms with Crippen molar-refractivity contribution in [2.24, 2.45) is 13.0 Å². The summed E-state index contributed by atoms with van der Waals surface area (Å²) in [5.41, 5.74) is 6.63. The molecule has 6 heteroatoms. The van der Waals surface area contributed by atoms with E-state index < -0.39 is 0 Å². The van der Waals surface area contributed by atoms with Gasteiger partial charge < -0.3 is 15.8 Å². The molecular formula is C11H18N4O2. The average molecular weight is 238 g/mol. The van der Waals surface area contributed by atoms with Crippen molar-refractivity contribution < 1.29 is 9.53 Å². The van der Waals surface area contributed by atoms with Gasteiger partial charge in [0, 0.05) is 25.8 Å². The number of hydrogen-bond donors (Lipinski definition) is 2. The third-order valence-electron chi connectivity index (χ3n) is 3.23. The lowest BCUT2D eigenvalue weighted by atomic mass is 10.0. The minimum atomic E-state index is -0.0482. The van der Waals surface area contributed by atoms with Gasteiger partial charge in [0.2, 0.25) is 5.91 Å². The number of amides is 1. The zero-order valence-corrected chi connectivity index (χ0v) is 10.1. The number of ether oxygens (including phenoxy) is 1. The molecule has 0 saturated carbocycles. The smallest absolute Gasteiger partial charge is 0.226 e. The Balaban J connectivity index is 1.90. The zero-order valence-electron chi connectivity index (χ0n) is 10.1. The highest BCUT2D eigenvalue weighted by atomic mass is 16.5. The Morgan fingerprint density at radius 2 is 2.53 bits per heavy atom. The second-order valence-corrected chi connectivity index (χ2v) is 4.37. The van der Waals surface area contributed by atoms with E-state index in [0.29, 0.717) is 19.0 Å². The van der Waals surface area contributed by atoms with Gasteiger partial charge in [-0.15, -0.1) is 0 Å². The molecule has 1 aromatic rings. The summed E-state index contributed by atoms with van der Waals surface area (Å²) < 4.78 is 6.95. The summed E-state index contributed by atoms with van der Waals surface area (Å²) in [6.45, 7) is 3.01. The Labute approximate surface area is 100 Å². The summed E-state index contributed by atoms with van der Waals surface area (Å²) in [4.78, 5) is 11.9. The third kappa shape index (κ3) is 2.41. The van der Waals surface area contributed by atoms with E-state index in [1.54, 1.807) is 17.9 Å². The first-order valence-electron chi connectivity index (χ1n) is 5.75. The summed E-state index contributed by atoms with van der Waals surface area (Å²) >= 11 is 0. The van der Waals surface area contributed by atoms with Crippen LogP contribution in [-0.4, -0.2) is 28.4 Å². The predicted molar refractivity (Wildman–Crippen MR) is 63.0 cm³/mol. The number of aryl methyl sites for hydroxylation is 1.